The second kappa shape index (κ2) is 7.44. The number of halogens is 3. The van der Waals surface area contributed by atoms with E-state index in [0.717, 1.165) is 6.20 Å². The van der Waals surface area contributed by atoms with Crippen LogP contribution in [-0.4, -0.2) is 32.0 Å². The van der Waals surface area contributed by atoms with Crippen LogP contribution in [-0.2, 0) is 14.8 Å². The van der Waals surface area contributed by atoms with E-state index in [-0.39, 0.29) is 21.8 Å². The largest absolute Gasteiger partial charge is 0.408 e. The first kappa shape index (κ1) is 20.4. The number of alkyl halides is 3. The van der Waals surface area contributed by atoms with Crippen LogP contribution in [0.5, 0.6) is 0 Å². The Kier molecular flexibility index (Phi) is 5.07. The molecule has 30 heavy (non-hydrogen) atoms. The van der Waals surface area contributed by atoms with Crippen molar-refractivity contribution in [3.05, 3.63) is 60.3 Å². The lowest BCUT2D eigenvalue weighted by atomic mass is 10.1. The summed E-state index contributed by atoms with van der Waals surface area (Å²) in [5.41, 5.74) is 0.780. The quantitative estimate of drug-likeness (QED) is 0.636. The molecule has 1 fully saturated rings. The standard InChI is InChI=1S/C20H18F3N3O3S/c21-20(22,23)19(16-12-24-17-5-2-1-4-15(16)17)25-30(28,29)14-9-7-13(8-10-14)26-11-3-6-18(26)27/h1-2,4-5,7-10,12,19,24-25H,3,6,11H2/t19-/m1/s1. The van der Waals surface area contributed by atoms with Gasteiger partial charge in [-0.15, -0.1) is 0 Å². The van der Waals surface area contributed by atoms with Gasteiger partial charge >= 0.3 is 6.18 Å². The number of anilines is 1. The Morgan fingerprint density at radius 1 is 1.07 bits per heavy atom. The van der Waals surface area contributed by atoms with Crippen molar-refractivity contribution in [1.29, 1.82) is 0 Å². The fourth-order valence-electron chi connectivity index (χ4n) is 3.59. The number of hydrogen-bond donors (Lipinski definition) is 2. The highest BCUT2D eigenvalue weighted by Gasteiger charge is 2.44. The van der Waals surface area contributed by atoms with Crippen LogP contribution in [0.2, 0.25) is 0 Å². The van der Waals surface area contributed by atoms with Crippen molar-refractivity contribution in [2.24, 2.45) is 0 Å². The second-order valence-corrected chi connectivity index (χ2v) is 8.74. The number of benzene rings is 2. The van der Waals surface area contributed by atoms with Crippen molar-refractivity contribution in [3.63, 3.8) is 0 Å². The first-order chi connectivity index (χ1) is 14.2. The summed E-state index contributed by atoms with van der Waals surface area (Å²) >= 11 is 0. The van der Waals surface area contributed by atoms with E-state index in [1.165, 1.54) is 35.2 Å². The van der Waals surface area contributed by atoms with Gasteiger partial charge in [0, 0.05) is 41.3 Å². The maximum atomic E-state index is 13.8. The van der Waals surface area contributed by atoms with E-state index in [2.05, 4.69) is 4.98 Å². The van der Waals surface area contributed by atoms with Gasteiger partial charge in [0.2, 0.25) is 15.9 Å². The fourth-order valence-corrected chi connectivity index (χ4v) is 4.79. The Labute approximate surface area is 170 Å². The summed E-state index contributed by atoms with van der Waals surface area (Å²) < 4.78 is 68.6. The highest BCUT2D eigenvalue weighted by atomic mass is 32.2. The van der Waals surface area contributed by atoms with Gasteiger partial charge in [-0.05, 0) is 36.8 Å². The first-order valence-corrected chi connectivity index (χ1v) is 10.7. The molecule has 1 amide bonds. The van der Waals surface area contributed by atoms with E-state index in [0.29, 0.717) is 30.6 Å². The predicted octanol–water partition coefficient (Wildman–Crippen LogP) is 3.88. The number of rotatable bonds is 5. The third-order valence-corrected chi connectivity index (χ3v) is 6.50. The van der Waals surface area contributed by atoms with Gasteiger partial charge in [-0.25, -0.2) is 8.42 Å². The number of aromatic amines is 1. The van der Waals surface area contributed by atoms with E-state index < -0.39 is 22.2 Å². The molecule has 1 saturated heterocycles. The number of nitrogens with zero attached hydrogens (tertiary/aromatic N) is 1. The number of carbonyl (C=O) groups is 1. The van der Waals surface area contributed by atoms with Crippen LogP contribution in [0.3, 0.4) is 0 Å². The molecule has 2 N–H and O–H groups in total. The van der Waals surface area contributed by atoms with Gasteiger partial charge in [-0.1, -0.05) is 18.2 Å². The molecule has 1 atom stereocenters. The molecule has 0 radical (unpaired) electrons. The summed E-state index contributed by atoms with van der Waals surface area (Å²) in [6.07, 6.45) is -2.56. The molecule has 0 aliphatic carbocycles. The van der Waals surface area contributed by atoms with Gasteiger partial charge in [-0.2, -0.15) is 17.9 Å². The van der Waals surface area contributed by atoms with Crippen LogP contribution in [0.25, 0.3) is 10.9 Å². The van der Waals surface area contributed by atoms with Crippen LogP contribution in [0.15, 0.2) is 59.6 Å². The maximum absolute atomic E-state index is 13.8. The molecule has 4 rings (SSSR count). The number of carbonyl (C=O) groups excluding carboxylic acids is 1. The molecular formula is C20H18F3N3O3S. The zero-order valence-electron chi connectivity index (χ0n) is 15.6. The Balaban J connectivity index is 1.65. The Bertz CT molecular complexity index is 1190. The number of para-hydroxylation sites is 1. The summed E-state index contributed by atoms with van der Waals surface area (Å²) in [7, 11) is -4.48. The SMILES string of the molecule is O=C1CCCN1c1ccc(S(=O)(=O)N[C@H](c2c[nH]c3ccccc23)C(F)(F)F)cc1. The molecule has 1 aliphatic rings. The zero-order valence-corrected chi connectivity index (χ0v) is 16.4. The lowest BCUT2D eigenvalue weighted by Crippen LogP contribution is -2.38. The Morgan fingerprint density at radius 2 is 1.77 bits per heavy atom. The van der Waals surface area contributed by atoms with E-state index in [9.17, 15) is 26.4 Å². The minimum absolute atomic E-state index is 0.0693. The van der Waals surface area contributed by atoms with E-state index in [1.54, 1.807) is 22.9 Å². The highest BCUT2D eigenvalue weighted by molar-refractivity contribution is 7.89. The molecule has 0 saturated carbocycles. The topological polar surface area (TPSA) is 82.3 Å². The molecule has 0 bridgehead atoms. The molecular weight excluding hydrogens is 419 g/mol. The van der Waals surface area contributed by atoms with Gasteiger partial charge in [0.15, 0.2) is 0 Å². The van der Waals surface area contributed by atoms with Gasteiger partial charge in [-0.3, -0.25) is 4.79 Å². The van der Waals surface area contributed by atoms with Gasteiger partial charge < -0.3 is 9.88 Å². The summed E-state index contributed by atoms with van der Waals surface area (Å²) in [5.74, 6) is -0.0693. The van der Waals surface area contributed by atoms with Crippen molar-refractivity contribution in [2.45, 2.75) is 30.0 Å². The maximum Gasteiger partial charge on any atom is 0.408 e. The van der Waals surface area contributed by atoms with Gasteiger partial charge in [0.25, 0.3) is 0 Å². The molecule has 1 aliphatic heterocycles. The molecule has 2 aromatic carbocycles. The van der Waals surface area contributed by atoms with Gasteiger partial charge in [0.05, 0.1) is 4.90 Å². The number of aromatic nitrogens is 1. The minimum atomic E-state index is -4.85. The molecule has 3 aromatic rings. The first-order valence-electron chi connectivity index (χ1n) is 9.22. The number of sulfonamides is 1. The normalized spacial score (nSPS) is 16.4. The molecule has 6 nitrogen and oxygen atoms in total. The summed E-state index contributed by atoms with van der Waals surface area (Å²) in [6, 6.07) is 9.19. The summed E-state index contributed by atoms with van der Waals surface area (Å²) in [4.78, 5) is 15.8. The Hall–Kier alpha value is -2.85. The molecule has 2 heterocycles. The van der Waals surface area contributed by atoms with Crippen molar-refractivity contribution < 1.29 is 26.4 Å². The number of amides is 1. The molecule has 158 valence electrons. The predicted molar refractivity (Wildman–Crippen MR) is 105 cm³/mol. The summed E-state index contributed by atoms with van der Waals surface area (Å²) in [6.45, 7) is 0.528. The van der Waals surface area contributed by atoms with Crippen molar-refractivity contribution in [2.75, 3.05) is 11.4 Å². The van der Waals surface area contributed by atoms with Crippen molar-refractivity contribution >= 4 is 32.5 Å². The Morgan fingerprint density at radius 3 is 2.40 bits per heavy atom. The number of hydrogen-bond acceptors (Lipinski definition) is 3. The lowest BCUT2D eigenvalue weighted by molar-refractivity contribution is -0.152. The highest BCUT2D eigenvalue weighted by Crippen LogP contribution is 2.37. The third kappa shape index (κ3) is 3.80. The second-order valence-electron chi connectivity index (χ2n) is 7.03. The minimum Gasteiger partial charge on any atom is -0.361 e. The summed E-state index contributed by atoms with van der Waals surface area (Å²) in [5, 5.41) is 0.283. The van der Waals surface area contributed by atoms with Crippen LogP contribution in [0, 0.1) is 0 Å². The molecule has 0 spiro atoms. The van der Waals surface area contributed by atoms with E-state index in [1.807, 2.05) is 0 Å². The monoisotopic (exact) mass is 437 g/mol. The van der Waals surface area contributed by atoms with E-state index in [4.69, 9.17) is 0 Å². The lowest BCUT2D eigenvalue weighted by Gasteiger charge is -2.22. The fraction of sp³-hybridized carbons (Fsp3) is 0.250. The number of H-pyrrole nitrogens is 1. The molecule has 0 unspecified atom stereocenters. The average molecular weight is 437 g/mol. The van der Waals surface area contributed by atoms with Gasteiger partial charge in [0.1, 0.15) is 6.04 Å². The molecule has 10 heteroatoms. The van der Waals surface area contributed by atoms with Crippen LogP contribution in [0.4, 0.5) is 18.9 Å². The average Bonchev–Trinajstić information content (AvgIpc) is 3.31. The van der Waals surface area contributed by atoms with Crippen molar-refractivity contribution in [3.8, 4) is 0 Å². The third-order valence-electron chi connectivity index (χ3n) is 5.06. The van der Waals surface area contributed by atoms with Crippen LogP contribution >= 0.6 is 0 Å². The smallest absolute Gasteiger partial charge is 0.361 e. The molecule has 1 aromatic heterocycles. The van der Waals surface area contributed by atoms with Crippen LogP contribution in [0.1, 0.15) is 24.4 Å². The van der Waals surface area contributed by atoms with Crippen LogP contribution < -0.4 is 9.62 Å². The number of fused-ring (bicyclic) bond motifs is 1. The number of nitrogens with one attached hydrogen (secondary N) is 2. The van der Waals surface area contributed by atoms with Crippen molar-refractivity contribution in [1.82, 2.24) is 9.71 Å². The zero-order chi connectivity index (χ0) is 21.5. The van der Waals surface area contributed by atoms with E-state index >= 15 is 0 Å².